The van der Waals surface area contributed by atoms with E-state index in [1.54, 1.807) is 23.8 Å². The molecule has 1 aromatic rings. The number of anilines is 1. The largest absolute Gasteiger partial charge is 0.480 e. The van der Waals surface area contributed by atoms with Crippen LogP contribution in [-0.4, -0.2) is 38.7 Å². The lowest BCUT2D eigenvalue weighted by molar-refractivity contribution is -0.135. The minimum absolute atomic E-state index is 0.00911. The van der Waals surface area contributed by atoms with Crippen LogP contribution in [0.4, 0.5) is 10.5 Å². The second kappa shape index (κ2) is 6.93. The Kier molecular flexibility index (Phi) is 5.53. The van der Waals surface area contributed by atoms with Crippen LogP contribution in [0.1, 0.15) is 12.5 Å². The minimum atomic E-state index is -4.38. The maximum absolute atomic E-state index is 12.1. The molecule has 0 saturated heterocycles. The number of hydrogen-bond acceptors (Lipinski definition) is 5. The van der Waals surface area contributed by atoms with Crippen molar-refractivity contribution < 1.29 is 27.9 Å². The highest BCUT2D eigenvalue weighted by Crippen LogP contribution is 2.17. The number of aryl methyl sites for hydroxylation is 1. The van der Waals surface area contributed by atoms with Crippen molar-refractivity contribution in [3.05, 3.63) is 29.8 Å². The predicted octanol–water partition coefficient (Wildman–Crippen LogP) is 0.877. The molecule has 2 N–H and O–H groups in total. The van der Waals surface area contributed by atoms with Crippen molar-refractivity contribution in [2.45, 2.75) is 13.8 Å². The first-order valence-electron chi connectivity index (χ1n) is 6.02. The third-order valence-electron chi connectivity index (χ3n) is 2.38. The van der Waals surface area contributed by atoms with Gasteiger partial charge < -0.3 is 9.84 Å². The first-order chi connectivity index (χ1) is 9.76. The van der Waals surface area contributed by atoms with Gasteiger partial charge in [0.05, 0.1) is 12.3 Å². The molecule has 1 aromatic carbocycles. The molecule has 0 fully saturated rings. The Morgan fingerprint density at radius 1 is 1.29 bits per heavy atom. The monoisotopic (exact) mass is 316 g/mol. The molecule has 0 aliphatic rings. The smallest absolute Gasteiger partial charge is 0.422 e. The summed E-state index contributed by atoms with van der Waals surface area (Å²) in [6, 6.07) is 6.15. The van der Waals surface area contributed by atoms with Gasteiger partial charge in [-0.3, -0.25) is 4.79 Å². The fourth-order valence-corrected chi connectivity index (χ4v) is 2.53. The SMILES string of the molecule is CCOC(=O)NS(=O)(=O)N(CC(=O)O)c1ccc(C)cc1. The number of amides is 1. The van der Waals surface area contributed by atoms with Crippen LogP contribution in [0.5, 0.6) is 0 Å². The third kappa shape index (κ3) is 4.95. The van der Waals surface area contributed by atoms with Gasteiger partial charge in [0, 0.05) is 0 Å². The Hall–Kier alpha value is -2.29. The summed E-state index contributed by atoms with van der Waals surface area (Å²) in [5, 5.41) is 8.85. The average Bonchev–Trinajstić information content (AvgIpc) is 2.36. The van der Waals surface area contributed by atoms with Gasteiger partial charge in [-0.1, -0.05) is 17.7 Å². The molecule has 9 heteroatoms. The Balaban J connectivity index is 3.09. The zero-order valence-electron chi connectivity index (χ0n) is 11.6. The van der Waals surface area contributed by atoms with Crippen LogP contribution in [0.3, 0.4) is 0 Å². The third-order valence-corrected chi connectivity index (χ3v) is 3.72. The van der Waals surface area contributed by atoms with Gasteiger partial charge in [-0.05, 0) is 26.0 Å². The molecule has 1 amide bonds. The van der Waals surface area contributed by atoms with E-state index >= 15 is 0 Å². The molecule has 21 heavy (non-hydrogen) atoms. The van der Waals surface area contributed by atoms with E-state index in [1.165, 1.54) is 19.1 Å². The molecule has 8 nitrogen and oxygen atoms in total. The van der Waals surface area contributed by atoms with Gasteiger partial charge in [-0.2, -0.15) is 8.42 Å². The van der Waals surface area contributed by atoms with Gasteiger partial charge in [0.25, 0.3) is 0 Å². The standard InChI is InChI=1S/C12H16N2O6S/c1-3-20-12(17)13-21(18,19)14(8-11(15)16)10-6-4-9(2)5-7-10/h4-7H,3,8H2,1-2H3,(H,13,17)(H,15,16). The second-order valence-corrected chi connectivity index (χ2v) is 5.66. The van der Waals surface area contributed by atoms with E-state index in [4.69, 9.17) is 5.11 Å². The number of carbonyl (C=O) groups is 2. The maximum atomic E-state index is 12.1. The van der Waals surface area contributed by atoms with Crippen molar-refractivity contribution in [2.24, 2.45) is 0 Å². The van der Waals surface area contributed by atoms with Crippen molar-refractivity contribution >= 4 is 28.0 Å². The molecule has 0 atom stereocenters. The van der Waals surface area contributed by atoms with Crippen molar-refractivity contribution in [2.75, 3.05) is 17.5 Å². The Labute approximate surface area is 122 Å². The van der Waals surface area contributed by atoms with Crippen LogP contribution in [0.2, 0.25) is 0 Å². The molecule has 0 bridgehead atoms. The van der Waals surface area contributed by atoms with Crippen LogP contribution in [0.15, 0.2) is 24.3 Å². The number of ether oxygens (including phenoxy) is 1. The first-order valence-corrected chi connectivity index (χ1v) is 7.46. The fraction of sp³-hybridized carbons (Fsp3) is 0.333. The zero-order valence-corrected chi connectivity index (χ0v) is 12.4. The van der Waals surface area contributed by atoms with E-state index < -0.39 is 28.8 Å². The highest BCUT2D eigenvalue weighted by atomic mass is 32.2. The van der Waals surface area contributed by atoms with Gasteiger partial charge in [0.1, 0.15) is 6.54 Å². The molecule has 116 valence electrons. The highest BCUT2D eigenvalue weighted by molar-refractivity contribution is 7.91. The quantitative estimate of drug-likeness (QED) is 0.805. The van der Waals surface area contributed by atoms with Gasteiger partial charge >= 0.3 is 22.3 Å². The molecule has 0 aliphatic carbocycles. The van der Waals surface area contributed by atoms with Gasteiger partial charge in [0.15, 0.2) is 0 Å². The molecule has 0 radical (unpaired) electrons. The molecule has 1 rings (SSSR count). The maximum Gasteiger partial charge on any atom is 0.422 e. The molecular formula is C12H16N2O6S. The number of carboxylic acids is 1. The van der Waals surface area contributed by atoms with Crippen LogP contribution in [-0.2, 0) is 19.7 Å². The summed E-state index contributed by atoms with van der Waals surface area (Å²) >= 11 is 0. The summed E-state index contributed by atoms with van der Waals surface area (Å²) in [4.78, 5) is 22.1. The second-order valence-electron chi connectivity index (χ2n) is 4.06. The van der Waals surface area contributed by atoms with E-state index in [1.807, 2.05) is 0 Å². The van der Waals surface area contributed by atoms with Crippen molar-refractivity contribution in [3.8, 4) is 0 Å². The highest BCUT2D eigenvalue weighted by Gasteiger charge is 2.27. The molecule has 0 unspecified atom stereocenters. The van der Waals surface area contributed by atoms with Gasteiger partial charge in [-0.25, -0.2) is 13.8 Å². The molecule has 0 spiro atoms. The fourth-order valence-electron chi connectivity index (χ4n) is 1.47. The van der Waals surface area contributed by atoms with E-state index in [9.17, 15) is 18.0 Å². The van der Waals surface area contributed by atoms with Crippen LogP contribution >= 0.6 is 0 Å². The summed E-state index contributed by atoms with van der Waals surface area (Å²) in [5.74, 6) is -1.36. The summed E-state index contributed by atoms with van der Waals surface area (Å²) in [6.07, 6.45) is -1.17. The molecule has 0 heterocycles. The number of benzene rings is 1. The number of carboxylic acid groups (broad SMARTS) is 1. The Morgan fingerprint density at radius 2 is 1.86 bits per heavy atom. The lowest BCUT2D eigenvalue weighted by atomic mass is 10.2. The van der Waals surface area contributed by atoms with Crippen LogP contribution < -0.4 is 9.03 Å². The van der Waals surface area contributed by atoms with Crippen LogP contribution in [0, 0.1) is 6.92 Å². The molecule has 0 aliphatic heterocycles. The topological polar surface area (TPSA) is 113 Å². The lowest BCUT2D eigenvalue weighted by Crippen LogP contribution is -2.46. The van der Waals surface area contributed by atoms with Crippen molar-refractivity contribution in [1.29, 1.82) is 0 Å². The van der Waals surface area contributed by atoms with E-state index in [2.05, 4.69) is 4.74 Å². The molecule has 0 saturated carbocycles. The predicted molar refractivity (Wildman–Crippen MR) is 75.2 cm³/mol. The molecule has 0 aromatic heterocycles. The number of nitrogens with zero attached hydrogens (tertiary/aromatic N) is 1. The summed E-state index contributed by atoms with van der Waals surface area (Å²) in [7, 11) is -4.38. The number of carbonyl (C=O) groups excluding carboxylic acids is 1. The Bertz CT molecular complexity index is 611. The minimum Gasteiger partial charge on any atom is -0.480 e. The molecular weight excluding hydrogens is 300 g/mol. The van der Waals surface area contributed by atoms with Gasteiger partial charge in [0.2, 0.25) is 0 Å². The van der Waals surface area contributed by atoms with Gasteiger partial charge in [-0.15, -0.1) is 0 Å². The van der Waals surface area contributed by atoms with Crippen LogP contribution in [0.25, 0.3) is 0 Å². The lowest BCUT2D eigenvalue weighted by Gasteiger charge is -2.22. The summed E-state index contributed by atoms with van der Waals surface area (Å²) < 4.78 is 30.9. The van der Waals surface area contributed by atoms with E-state index in [-0.39, 0.29) is 12.3 Å². The van der Waals surface area contributed by atoms with Crippen molar-refractivity contribution in [1.82, 2.24) is 4.72 Å². The number of aliphatic carboxylic acids is 1. The summed E-state index contributed by atoms with van der Waals surface area (Å²) in [5.41, 5.74) is 1.00. The number of rotatable bonds is 6. The normalized spacial score (nSPS) is 10.8. The van der Waals surface area contributed by atoms with E-state index in [0.29, 0.717) is 4.31 Å². The zero-order chi connectivity index (χ0) is 16.0. The van der Waals surface area contributed by atoms with E-state index in [0.717, 1.165) is 5.56 Å². The number of nitrogens with one attached hydrogen (secondary N) is 1. The number of hydrogen-bond donors (Lipinski definition) is 2. The Morgan fingerprint density at radius 3 is 2.33 bits per heavy atom. The average molecular weight is 316 g/mol. The summed E-state index contributed by atoms with van der Waals surface area (Å²) in [6.45, 7) is 2.49. The van der Waals surface area contributed by atoms with Crippen molar-refractivity contribution in [3.63, 3.8) is 0 Å². The first kappa shape index (κ1) is 16.8.